The third kappa shape index (κ3) is 5.48. The van der Waals surface area contributed by atoms with E-state index in [0.29, 0.717) is 25.9 Å². The molecule has 1 saturated heterocycles. The van der Waals surface area contributed by atoms with Gasteiger partial charge < -0.3 is 5.32 Å². The normalized spacial score (nSPS) is 17.1. The van der Waals surface area contributed by atoms with E-state index >= 15 is 0 Å². The molecule has 23 heavy (non-hydrogen) atoms. The molecular formula is C15H22Cl2F4N2. The second kappa shape index (κ2) is 9.67. The van der Waals surface area contributed by atoms with E-state index < -0.39 is 23.6 Å². The maximum Gasteiger partial charge on any atom is 0.416 e. The van der Waals surface area contributed by atoms with Gasteiger partial charge in [0.1, 0.15) is 5.82 Å². The highest BCUT2D eigenvalue weighted by Crippen LogP contribution is 2.39. The highest BCUT2D eigenvalue weighted by atomic mass is 35.5. The number of hydrogen-bond donors (Lipinski definition) is 1. The van der Waals surface area contributed by atoms with Crippen LogP contribution < -0.4 is 5.32 Å². The number of nitrogens with zero attached hydrogens (tertiary/aromatic N) is 1. The van der Waals surface area contributed by atoms with Gasteiger partial charge in [0, 0.05) is 37.8 Å². The minimum atomic E-state index is -4.53. The summed E-state index contributed by atoms with van der Waals surface area (Å²) in [6, 6.07) is 2.70. The molecule has 0 saturated carbocycles. The van der Waals surface area contributed by atoms with Gasteiger partial charge in [-0.3, -0.25) is 4.90 Å². The van der Waals surface area contributed by atoms with Crippen molar-refractivity contribution in [1.29, 1.82) is 0 Å². The molecular weight excluding hydrogens is 355 g/mol. The molecule has 134 valence electrons. The van der Waals surface area contributed by atoms with Gasteiger partial charge in [-0.1, -0.05) is 19.4 Å². The summed E-state index contributed by atoms with van der Waals surface area (Å²) >= 11 is 0. The van der Waals surface area contributed by atoms with Crippen molar-refractivity contribution in [3.8, 4) is 0 Å². The zero-order valence-electron chi connectivity index (χ0n) is 12.8. The number of nitrogens with one attached hydrogen (secondary N) is 1. The average Bonchev–Trinajstić information content (AvgIpc) is 2.45. The fourth-order valence-corrected chi connectivity index (χ4v) is 2.90. The lowest BCUT2D eigenvalue weighted by Crippen LogP contribution is -2.45. The van der Waals surface area contributed by atoms with Crippen LogP contribution in [0.15, 0.2) is 18.2 Å². The number of piperazine rings is 1. The molecule has 0 aliphatic carbocycles. The van der Waals surface area contributed by atoms with Crippen LogP contribution in [0.3, 0.4) is 0 Å². The summed E-state index contributed by atoms with van der Waals surface area (Å²) in [5.41, 5.74) is -1.05. The summed E-state index contributed by atoms with van der Waals surface area (Å²) in [6.45, 7) is 4.61. The van der Waals surface area contributed by atoms with E-state index in [9.17, 15) is 17.6 Å². The summed E-state index contributed by atoms with van der Waals surface area (Å²) in [4.78, 5) is 1.95. The molecule has 1 atom stereocenters. The SMILES string of the molecule is CCC[C@H](c1c(F)cccc1C(F)(F)F)N1CCNCC1.Cl.Cl. The summed E-state index contributed by atoms with van der Waals surface area (Å²) in [5, 5.41) is 3.16. The van der Waals surface area contributed by atoms with E-state index in [4.69, 9.17) is 0 Å². The highest BCUT2D eigenvalue weighted by Gasteiger charge is 2.38. The van der Waals surface area contributed by atoms with Crippen molar-refractivity contribution in [3.63, 3.8) is 0 Å². The zero-order valence-corrected chi connectivity index (χ0v) is 14.5. The molecule has 1 aliphatic heterocycles. The number of hydrogen-bond acceptors (Lipinski definition) is 2. The second-order valence-corrected chi connectivity index (χ2v) is 5.29. The lowest BCUT2D eigenvalue weighted by Gasteiger charge is -2.36. The van der Waals surface area contributed by atoms with Crippen LogP contribution in [-0.2, 0) is 6.18 Å². The van der Waals surface area contributed by atoms with E-state index in [2.05, 4.69) is 5.32 Å². The quantitative estimate of drug-likeness (QED) is 0.781. The third-order valence-corrected chi connectivity index (χ3v) is 3.85. The molecule has 1 aromatic rings. The summed E-state index contributed by atoms with van der Waals surface area (Å²) in [5.74, 6) is -0.762. The van der Waals surface area contributed by atoms with Crippen molar-refractivity contribution in [2.45, 2.75) is 32.0 Å². The molecule has 0 bridgehead atoms. The summed E-state index contributed by atoms with van der Waals surface area (Å²) in [6.07, 6.45) is -3.30. The molecule has 0 aromatic heterocycles. The molecule has 0 radical (unpaired) electrons. The second-order valence-electron chi connectivity index (χ2n) is 5.29. The Morgan fingerprint density at radius 1 is 1.17 bits per heavy atom. The van der Waals surface area contributed by atoms with Crippen LogP contribution in [0, 0.1) is 5.82 Å². The molecule has 0 spiro atoms. The van der Waals surface area contributed by atoms with E-state index in [0.717, 1.165) is 31.3 Å². The van der Waals surface area contributed by atoms with Gasteiger partial charge in [-0.05, 0) is 18.6 Å². The van der Waals surface area contributed by atoms with Crippen molar-refractivity contribution in [2.24, 2.45) is 0 Å². The first-order valence-electron chi connectivity index (χ1n) is 7.25. The van der Waals surface area contributed by atoms with E-state index in [1.165, 1.54) is 0 Å². The first-order chi connectivity index (χ1) is 9.95. The highest BCUT2D eigenvalue weighted by molar-refractivity contribution is 5.85. The van der Waals surface area contributed by atoms with Crippen molar-refractivity contribution < 1.29 is 17.6 Å². The van der Waals surface area contributed by atoms with E-state index in [1.807, 2.05) is 11.8 Å². The lowest BCUT2D eigenvalue weighted by atomic mass is 9.94. The maximum absolute atomic E-state index is 14.2. The lowest BCUT2D eigenvalue weighted by molar-refractivity contribution is -0.139. The van der Waals surface area contributed by atoms with Gasteiger partial charge in [-0.15, -0.1) is 24.8 Å². The van der Waals surface area contributed by atoms with Crippen LogP contribution in [-0.4, -0.2) is 31.1 Å². The minimum absolute atomic E-state index is 0. The van der Waals surface area contributed by atoms with Crippen LogP contribution in [0.25, 0.3) is 0 Å². The van der Waals surface area contributed by atoms with Crippen LogP contribution >= 0.6 is 24.8 Å². The van der Waals surface area contributed by atoms with Crippen LogP contribution in [0.1, 0.15) is 36.9 Å². The van der Waals surface area contributed by atoms with Gasteiger partial charge in [0.25, 0.3) is 0 Å². The molecule has 1 heterocycles. The van der Waals surface area contributed by atoms with Crippen molar-refractivity contribution in [3.05, 3.63) is 35.1 Å². The number of rotatable bonds is 4. The maximum atomic E-state index is 14.2. The molecule has 1 aromatic carbocycles. The molecule has 1 N–H and O–H groups in total. The average molecular weight is 377 g/mol. The molecule has 2 rings (SSSR count). The third-order valence-electron chi connectivity index (χ3n) is 3.85. The van der Waals surface area contributed by atoms with E-state index in [1.54, 1.807) is 0 Å². The molecule has 1 aliphatic rings. The largest absolute Gasteiger partial charge is 0.416 e. The van der Waals surface area contributed by atoms with Crippen LogP contribution in [0.5, 0.6) is 0 Å². The Morgan fingerprint density at radius 3 is 2.30 bits per heavy atom. The van der Waals surface area contributed by atoms with Crippen molar-refractivity contribution in [1.82, 2.24) is 10.2 Å². The van der Waals surface area contributed by atoms with Crippen molar-refractivity contribution >= 4 is 24.8 Å². The summed E-state index contributed by atoms with van der Waals surface area (Å²) in [7, 11) is 0. The number of alkyl halides is 3. The molecule has 2 nitrogen and oxygen atoms in total. The van der Waals surface area contributed by atoms with Crippen LogP contribution in [0.4, 0.5) is 17.6 Å². The Labute approximate surface area is 146 Å². The Kier molecular flexibility index (Phi) is 9.43. The number of halogens is 6. The fraction of sp³-hybridized carbons (Fsp3) is 0.600. The Hall–Kier alpha value is -0.560. The predicted octanol–water partition coefficient (Wildman–Crippen LogP) is 4.43. The standard InChI is InChI=1S/C15H20F4N2.2ClH/c1-2-4-13(21-9-7-20-8-10-21)14-11(15(17,18)19)5-3-6-12(14)16;;/h3,5-6,13,20H,2,4,7-10H2,1H3;2*1H/t13-;;/m1../s1. The molecule has 0 amide bonds. The first kappa shape index (κ1) is 22.4. The summed E-state index contributed by atoms with van der Waals surface area (Å²) < 4.78 is 53.8. The van der Waals surface area contributed by atoms with Crippen molar-refractivity contribution in [2.75, 3.05) is 26.2 Å². The minimum Gasteiger partial charge on any atom is -0.314 e. The van der Waals surface area contributed by atoms with E-state index in [-0.39, 0.29) is 30.4 Å². The van der Waals surface area contributed by atoms with Crippen LogP contribution in [0.2, 0.25) is 0 Å². The predicted molar refractivity (Wildman–Crippen MR) is 88.0 cm³/mol. The fourth-order valence-electron chi connectivity index (χ4n) is 2.90. The molecule has 1 fully saturated rings. The van der Waals surface area contributed by atoms with Gasteiger partial charge >= 0.3 is 6.18 Å². The Balaban J connectivity index is 0.00000242. The van der Waals surface area contributed by atoms with Gasteiger partial charge in [0.05, 0.1) is 5.56 Å². The topological polar surface area (TPSA) is 15.3 Å². The number of benzene rings is 1. The monoisotopic (exact) mass is 376 g/mol. The van der Waals surface area contributed by atoms with Gasteiger partial charge in [-0.25, -0.2) is 4.39 Å². The zero-order chi connectivity index (χ0) is 15.5. The molecule has 8 heteroatoms. The Bertz CT molecular complexity index is 477. The first-order valence-corrected chi connectivity index (χ1v) is 7.25. The van der Waals surface area contributed by atoms with Gasteiger partial charge in [0.15, 0.2) is 0 Å². The van der Waals surface area contributed by atoms with Gasteiger partial charge in [-0.2, -0.15) is 13.2 Å². The molecule has 0 unspecified atom stereocenters. The Morgan fingerprint density at radius 2 is 1.78 bits per heavy atom. The van der Waals surface area contributed by atoms with Gasteiger partial charge in [0.2, 0.25) is 0 Å². The smallest absolute Gasteiger partial charge is 0.314 e.